The van der Waals surface area contributed by atoms with Crippen molar-refractivity contribution in [3.8, 4) is 5.75 Å². The minimum absolute atomic E-state index is 0.0241. The maximum absolute atomic E-state index is 10.7. The van der Waals surface area contributed by atoms with E-state index in [9.17, 15) is 10.1 Å². The number of nitro groups is 1. The molecule has 0 amide bonds. The van der Waals surface area contributed by atoms with Gasteiger partial charge in [-0.3, -0.25) is 10.1 Å². The third-order valence-electron chi connectivity index (χ3n) is 2.89. The van der Waals surface area contributed by atoms with Gasteiger partial charge in [-0.2, -0.15) is 0 Å². The van der Waals surface area contributed by atoms with Crippen LogP contribution in [0.4, 0.5) is 5.69 Å². The first-order valence-electron chi connectivity index (χ1n) is 6.20. The van der Waals surface area contributed by atoms with Crippen molar-refractivity contribution in [2.75, 3.05) is 6.61 Å². The Hall–Kier alpha value is -2.07. The second-order valence-electron chi connectivity index (χ2n) is 4.27. The molecule has 0 heterocycles. The summed E-state index contributed by atoms with van der Waals surface area (Å²) in [5.74, 6) is 0.782. The summed E-state index contributed by atoms with van der Waals surface area (Å²) in [7, 11) is 0. The normalized spacial score (nSPS) is 10.2. The summed E-state index contributed by atoms with van der Waals surface area (Å²) >= 11 is 5.80. The number of hydrogen-bond acceptors (Lipinski definition) is 3. The third-order valence-corrected chi connectivity index (χ3v) is 3.18. The van der Waals surface area contributed by atoms with Crippen molar-refractivity contribution >= 4 is 17.3 Å². The summed E-state index contributed by atoms with van der Waals surface area (Å²) in [6.07, 6.45) is 0.777. The van der Waals surface area contributed by atoms with Crippen molar-refractivity contribution < 1.29 is 9.66 Å². The molecule has 2 aromatic rings. The van der Waals surface area contributed by atoms with Gasteiger partial charge in [-0.05, 0) is 11.6 Å². The van der Waals surface area contributed by atoms with Crippen LogP contribution in [-0.2, 0) is 12.3 Å². The quantitative estimate of drug-likeness (QED) is 0.460. The lowest BCUT2D eigenvalue weighted by atomic mass is 10.1. The molecular formula is C15H14ClNO3. The van der Waals surface area contributed by atoms with E-state index in [-0.39, 0.29) is 11.6 Å². The monoisotopic (exact) mass is 291 g/mol. The number of ether oxygens (including phenoxy) is 1. The molecule has 5 heteroatoms. The van der Waals surface area contributed by atoms with Gasteiger partial charge >= 0.3 is 0 Å². The SMILES string of the molecule is O=[N+]([O-])c1ccc(OCCc2ccccc2)c(CCl)c1. The minimum Gasteiger partial charge on any atom is -0.493 e. The van der Waals surface area contributed by atoms with E-state index in [1.807, 2.05) is 30.3 Å². The molecule has 0 aliphatic rings. The fraction of sp³-hybridized carbons (Fsp3) is 0.200. The van der Waals surface area contributed by atoms with Crippen LogP contribution in [0, 0.1) is 10.1 Å². The molecule has 0 aliphatic carbocycles. The smallest absolute Gasteiger partial charge is 0.270 e. The second kappa shape index (κ2) is 6.91. The summed E-state index contributed by atoms with van der Waals surface area (Å²) in [5.41, 5.74) is 1.84. The van der Waals surface area contributed by atoms with Gasteiger partial charge in [-0.1, -0.05) is 30.3 Å². The van der Waals surface area contributed by atoms with Crippen molar-refractivity contribution in [3.05, 3.63) is 69.8 Å². The molecule has 4 nitrogen and oxygen atoms in total. The average Bonchev–Trinajstić information content (AvgIpc) is 2.48. The molecule has 0 N–H and O–H groups in total. The zero-order valence-corrected chi connectivity index (χ0v) is 11.5. The summed E-state index contributed by atoms with van der Waals surface area (Å²) in [6, 6.07) is 14.5. The number of non-ortho nitro benzene ring substituents is 1. The molecule has 0 fully saturated rings. The first-order valence-corrected chi connectivity index (χ1v) is 6.74. The predicted molar refractivity (Wildman–Crippen MR) is 78.3 cm³/mol. The molecule has 0 saturated carbocycles. The van der Waals surface area contributed by atoms with E-state index in [1.54, 1.807) is 6.07 Å². The molecule has 20 heavy (non-hydrogen) atoms. The van der Waals surface area contributed by atoms with Gasteiger partial charge in [0.05, 0.1) is 17.4 Å². The van der Waals surface area contributed by atoms with E-state index in [0.717, 1.165) is 6.42 Å². The lowest BCUT2D eigenvalue weighted by Gasteiger charge is -2.09. The molecule has 2 rings (SSSR count). The van der Waals surface area contributed by atoms with Crippen LogP contribution in [0.1, 0.15) is 11.1 Å². The molecule has 0 atom stereocenters. The van der Waals surface area contributed by atoms with E-state index in [0.29, 0.717) is 17.9 Å². The summed E-state index contributed by atoms with van der Waals surface area (Å²) < 4.78 is 5.66. The predicted octanol–water partition coefficient (Wildman–Crippen LogP) is 3.96. The summed E-state index contributed by atoms with van der Waals surface area (Å²) in [6.45, 7) is 0.506. The van der Waals surface area contributed by atoms with E-state index in [2.05, 4.69) is 0 Å². The summed E-state index contributed by atoms with van der Waals surface area (Å²) in [5, 5.41) is 10.7. The number of nitro benzene ring substituents is 1. The molecule has 104 valence electrons. The lowest BCUT2D eigenvalue weighted by Crippen LogP contribution is -2.03. The lowest BCUT2D eigenvalue weighted by molar-refractivity contribution is -0.384. The van der Waals surface area contributed by atoms with Gasteiger partial charge in [0.25, 0.3) is 5.69 Å². The van der Waals surface area contributed by atoms with Gasteiger partial charge in [0.15, 0.2) is 0 Å². The van der Waals surface area contributed by atoms with E-state index in [4.69, 9.17) is 16.3 Å². The molecule has 0 unspecified atom stereocenters. The molecule has 0 bridgehead atoms. The van der Waals surface area contributed by atoms with E-state index in [1.165, 1.54) is 17.7 Å². The van der Waals surface area contributed by atoms with Crippen molar-refractivity contribution in [2.45, 2.75) is 12.3 Å². The number of alkyl halides is 1. The Kier molecular flexibility index (Phi) is 4.96. The first-order chi connectivity index (χ1) is 9.70. The Labute approximate surface area is 122 Å². The van der Waals surface area contributed by atoms with Crippen LogP contribution in [-0.4, -0.2) is 11.5 Å². The van der Waals surface area contributed by atoms with Crippen LogP contribution in [0.3, 0.4) is 0 Å². The number of hydrogen-bond donors (Lipinski definition) is 0. The van der Waals surface area contributed by atoms with Gasteiger partial charge in [0.2, 0.25) is 0 Å². The van der Waals surface area contributed by atoms with Crippen molar-refractivity contribution in [1.82, 2.24) is 0 Å². The molecule has 0 radical (unpaired) electrons. The number of halogens is 1. The van der Waals surface area contributed by atoms with Gasteiger partial charge in [0, 0.05) is 24.1 Å². The maximum Gasteiger partial charge on any atom is 0.270 e. The van der Waals surface area contributed by atoms with Crippen molar-refractivity contribution in [1.29, 1.82) is 0 Å². The molecule has 0 spiro atoms. The highest BCUT2D eigenvalue weighted by Crippen LogP contribution is 2.25. The molecule has 2 aromatic carbocycles. The highest BCUT2D eigenvalue weighted by Gasteiger charge is 2.11. The zero-order chi connectivity index (χ0) is 14.4. The molecule has 0 aliphatic heterocycles. The maximum atomic E-state index is 10.7. The minimum atomic E-state index is -0.441. The van der Waals surface area contributed by atoms with Crippen LogP contribution >= 0.6 is 11.6 Å². The Morgan fingerprint density at radius 2 is 1.90 bits per heavy atom. The van der Waals surface area contributed by atoms with Gasteiger partial charge < -0.3 is 4.74 Å². The second-order valence-corrected chi connectivity index (χ2v) is 4.53. The van der Waals surface area contributed by atoms with E-state index < -0.39 is 4.92 Å². The topological polar surface area (TPSA) is 52.4 Å². The van der Waals surface area contributed by atoms with E-state index >= 15 is 0 Å². The van der Waals surface area contributed by atoms with Crippen LogP contribution < -0.4 is 4.74 Å². The van der Waals surface area contributed by atoms with Gasteiger partial charge in [-0.15, -0.1) is 11.6 Å². The third kappa shape index (κ3) is 3.71. The van der Waals surface area contributed by atoms with Crippen LogP contribution in [0.15, 0.2) is 48.5 Å². The van der Waals surface area contributed by atoms with Crippen molar-refractivity contribution in [3.63, 3.8) is 0 Å². The fourth-order valence-electron chi connectivity index (χ4n) is 1.85. The highest BCUT2D eigenvalue weighted by molar-refractivity contribution is 6.17. The summed E-state index contributed by atoms with van der Waals surface area (Å²) in [4.78, 5) is 10.3. The Bertz CT molecular complexity index is 587. The first kappa shape index (κ1) is 14.3. The number of nitrogens with zero attached hydrogens (tertiary/aromatic N) is 1. The largest absolute Gasteiger partial charge is 0.493 e. The number of rotatable bonds is 6. The Morgan fingerprint density at radius 3 is 2.55 bits per heavy atom. The standard InChI is InChI=1S/C15H14ClNO3/c16-11-13-10-14(17(18)19)6-7-15(13)20-9-8-12-4-2-1-3-5-12/h1-7,10H,8-9,11H2. The van der Waals surface area contributed by atoms with Crippen LogP contribution in [0.5, 0.6) is 5.75 Å². The van der Waals surface area contributed by atoms with Crippen molar-refractivity contribution in [2.24, 2.45) is 0 Å². The Balaban J connectivity index is 2.00. The average molecular weight is 292 g/mol. The van der Waals surface area contributed by atoms with Gasteiger partial charge in [-0.25, -0.2) is 0 Å². The fourth-order valence-corrected chi connectivity index (χ4v) is 2.06. The Morgan fingerprint density at radius 1 is 1.15 bits per heavy atom. The molecule has 0 aromatic heterocycles. The highest BCUT2D eigenvalue weighted by atomic mass is 35.5. The molecular weight excluding hydrogens is 278 g/mol. The van der Waals surface area contributed by atoms with Crippen LogP contribution in [0.2, 0.25) is 0 Å². The number of benzene rings is 2. The van der Waals surface area contributed by atoms with Gasteiger partial charge in [0.1, 0.15) is 5.75 Å². The van der Waals surface area contributed by atoms with Crippen LogP contribution in [0.25, 0.3) is 0 Å². The zero-order valence-electron chi connectivity index (χ0n) is 10.8. The molecule has 0 saturated heterocycles.